The molecule has 0 saturated heterocycles. The summed E-state index contributed by atoms with van der Waals surface area (Å²) < 4.78 is 60.7. The molecule has 7 heteroatoms. The third kappa shape index (κ3) is 4.82. The number of aryl methyl sites for hydroxylation is 2. The molecule has 0 radical (unpaired) electrons. The van der Waals surface area contributed by atoms with Gasteiger partial charge in [0.2, 0.25) is 0 Å². The number of halogens is 4. The van der Waals surface area contributed by atoms with Crippen LogP contribution in [-0.2, 0) is 11.8 Å². The lowest BCUT2D eigenvalue weighted by Gasteiger charge is -2.38. The maximum absolute atomic E-state index is 13.9. The summed E-state index contributed by atoms with van der Waals surface area (Å²) in [6.45, 7) is 6.49. The predicted octanol–water partition coefficient (Wildman–Crippen LogP) is 5.05. The normalized spacial score (nSPS) is 14.6. The van der Waals surface area contributed by atoms with Crippen LogP contribution in [0.15, 0.2) is 30.3 Å². The van der Waals surface area contributed by atoms with E-state index in [1.54, 1.807) is 19.9 Å². The molecule has 1 aromatic carbocycles. The molecule has 1 aromatic heterocycles. The average molecular weight is 399 g/mol. The maximum atomic E-state index is 13.9. The SMILES string of the molecule is COc1ccc(F)cc1C(C)(C)CC(O)(Cc1cc(C)cc(C)n1)C(F)(F)F. The van der Waals surface area contributed by atoms with Gasteiger partial charge in [-0.15, -0.1) is 0 Å². The number of pyridine rings is 1. The first-order chi connectivity index (χ1) is 12.8. The molecule has 0 amide bonds. The van der Waals surface area contributed by atoms with Gasteiger partial charge in [-0.2, -0.15) is 13.2 Å². The van der Waals surface area contributed by atoms with Gasteiger partial charge in [-0.1, -0.05) is 13.8 Å². The minimum atomic E-state index is -4.90. The molecule has 0 saturated carbocycles. The fraction of sp³-hybridized carbons (Fsp3) is 0.476. The molecule has 0 aliphatic heterocycles. The Kier molecular flexibility index (Phi) is 6.09. The first-order valence-electron chi connectivity index (χ1n) is 8.85. The Balaban J connectivity index is 2.47. The smallest absolute Gasteiger partial charge is 0.417 e. The maximum Gasteiger partial charge on any atom is 0.417 e. The van der Waals surface area contributed by atoms with Crippen molar-refractivity contribution < 1.29 is 27.4 Å². The van der Waals surface area contributed by atoms with Gasteiger partial charge in [0.05, 0.1) is 7.11 Å². The number of aromatic nitrogens is 1. The van der Waals surface area contributed by atoms with Crippen LogP contribution in [0.2, 0.25) is 0 Å². The average Bonchev–Trinajstić information content (AvgIpc) is 2.52. The molecule has 2 aromatic rings. The molecule has 0 aliphatic rings. The molecular weight excluding hydrogens is 374 g/mol. The van der Waals surface area contributed by atoms with Gasteiger partial charge >= 0.3 is 6.18 Å². The number of methoxy groups -OCH3 is 1. The van der Waals surface area contributed by atoms with Crippen LogP contribution < -0.4 is 4.74 Å². The molecule has 1 atom stereocenters. The molecule has 2 rings (SSSR count). The van der Waals surface area contributed by atoms with Crippen molar-refractivity contribution in [1.29, 1.82) is 0 Å². The van der Waals surface area contributed by atoms with Gasteiger partial charge in [0, 0.05) is 23.4 Å². The summed E-state index contributed by atoms with van der Waals surface area (Å²) in [4.78, 5) is 4.14. The van der Waals surface area contributed by atoms with E-state index in [1.807, 2.05) is 0 Å². The van der Waals surface area contributed by atoms with Crippen LogP contribution in [0, 0.1) is 19.7 Å². The summed E-state index contributed by atoms with van der Waals surface area (Å²) in [5.74, 6) is -0.323. The van der Waals surface area contributed by atoms with Crippen molar-refractivity contribution in [3.8, 4) is 5.75 Å². The van der Waals surface area contributed by atoms with Crippen molar-refractivity contribution in [2.24, 2.45) is 0 Å². The lowest BCUT2D eigenvalue weighted by Crippen LogP contribution is -2.51. The highest BCUT2D eigenvalue weighted by atomic mass is 19.4. The highest BCUT2D eigenvalue weighted by molar-refractivity contribution is 5.40. The van der Waals surface area contributed by atoms with Gasteiger partial charge in [0.25, 0.3) is 0 Å². The molecule has 28 heavy (non-hydrogen) atoms. The zero-order valence-electron chi connectivity index (χ0n) is 16.6. The van der Waals surface area contributed by atoms with Gasteiger partial charge in [-0.25, -0.2) is 4.39 Å². The molecule has 1 N–H and O–H groups in total. The van der Waals surface area contributed by atoms with Crippen LogP contribution in [0.4, 0.5) is 17.6 Å². The predicted molar refractivity (Wildman–Crippen MR) is 99.0 cm³/mol. The minimum Gasteiger partial charge on any atom is -0.496 e. The molecule has 3 nitrogen and oxygen atoms in total. The van der Waals surface area contributed by atoms with E-state index in [2.05, 4.69) is 4.98 Å². The fourth-order valence-corrected chi connectivity index (χ4v) is 3.61. The third-order valence-corrected chi connectivity index (χ3v) is 4.78. The van der Waals surface area contributed by atoms with E-state index in [1.165, 1.54) is 39.2 Å². The second-order valence-electron chi connectivity index (χ2n) is 7.89. The third-order valence-electron chi connectivity index (χ3n) is 4.78. The van der Waals surface area contributed by atoms with Crippen LogP contribution in [0.1, 0.15) is 42.8 Å². The Bertz CT molecular complexity index is 829. The Morgan fingerprint density at radius 1 is 1.07 bits per heavy atom. The van der Waals surface area contributed by atoms with Crippen molar-refractivity contribution in [2.45, 2.75) is 57.7 Å². The van der Waals surface area contributed by atoms with Crippen molar-refractivity contribution >= 4 is 0 Å². The van der Waals surface area contributed by atoms with Crippen LogP contribution >= 0.6 is 0 Å². The first kappa shape index (κ1) is 22.1. The number of benzene rings is 1. The molecule has 154 valence electrons. The van der Waals surface area contributed by atoms with E-state index < -0.39 is 35.9 Å². The van der Waals surface area contributed by atoms with Crippen molar-refractivity contribution in [3.63, 3.8) is 0 Å². The fourth-order valence-electron chi connectivity index (χ4n) is 3.61. The number of nitrogens with zero attached hydrogens (tertiary/aromatic N) is 1. The van der Waals surface area contributed by atoms with Gasteiger partial charge in [0.1, 0.15) is 11.6 Å². The van der Waals surface area contributed by atoms with Crippen LogP contribution in [0.5, 0.6) is 5.75 Å². The van der Waals surface area contributed by atoms with Crippen LogP contribution in [0.3, 0.4) is 0 Å². The molecule has 1 heterocycles. The zero-order valence-corrected chi connectivity index (χ0v) is 16.6. The summed E-state index contributed by atoms with van der Waals surface area (Å²) in [5, 5.41) is 10.7. The monoisotopic (exact) mass is 399 g/mol. The first-order valence-corrected chi connectivity index (χ1v) is 8.85. The Hall–Kier alpha value is -2.15. The van der Waals surface area contributed by atoms with Gasteiger partial charge in [0.15, 0.2) is 5.60 Å². The van der Waals surface area contributed by atoms with E-state index in [0.717, 1.165) is 11.6 Å². The van der Waals surface area contributed by atoms with E-state index >= 15 is 0 Å². The summed E-state index contributed by atoms with van der Waals surface area (Å²) >= 11 is 0. The molecule has 0 aliphatic carbocycles. The largest absolute Gasteiger partial charge is 0.496 e. The number of rotatable bonds is 6. The summed E-state index contributed by atoms with van der Waals surface area (Å²) in [6, 6.07) is 6.96. The quantitative estimate of drug-likeness (QED) is 0.692. The molecule has 1 unspecified atom stereocenters. The van der Waals surface area contributed by atoms with Crippen molar-refractivity contribution in [2.75, 3.05) is 7.11 Å². The topological polar surface area (TPSA) is 42.4 Å². The van der Waals surface area contributed by atoms with E-state index in [-0.39, 0.29) is 17.0 Å². The minimum absolute atomic E-state index is 0.152. The van der Waals surface area contributed by atoms with Gasteiger partial charge in [-0.3, -0.25) is 4.98 Å². The van der Waals surface area contributed by atoms with Crippen LogP contribution in [0.25, 0.3) is 0 Å². The summed E-state index contributed by atoms with van der Waals surface area (Å²) in [6.07, 6.45) is -6.28. The number of aliphatic hydroxyl groups is 1. The second-order valence-corrected chi connectivity index (χ2v) is 7.89. The summed E-state index contributed by atoms with van der Waals surface area (Å²) in [5.41, 5.74) is -2.52. The zero-order chi connectivity index (χ0) is 21.3. The number of hydrogen-bond acceptors (Lipinski definition) is 3. The Morgan fingerprint density at radius 2 is 1.71 bits per heavy atom. The van der Waals surface area contributed by atoms with Crippen molar-refractivity contribution in [1.82, 2.24) is 4.98 Å². The highest BCUT2D eigenvalue weighted by Gasteiger charge is 2.56. The number of ether oxygens (including phenoxy) is 1. The molecule has 0 spiro atoms. The lowest BCUT2D eigenvalue weighted by atomic mass is 9.73. The lowest BCUT2D eigenvalue weighted by molar-refractivity contribution is -0.266. The van der Waals surface area contributed by atoms with Gasteiger partial charge < -0.3 is 9.84 Å². The molecular formula is C21H25F4NO2. The van der Waals surface area contributed by atoms with E-state index in [0.29, 0.717) is 5.69 Å². The van der Waals surface area contributed by atoms with E-state index in [4.69, 9.17) is 4.74 Å². The molecule has 0 fully saturated rings. The second kappa shape index (κ2) is 7.70. The van der Waals surface area contributed by atoms with Crippen molar-refractivity contribution in [3.05, 3.63) is 58.7 Å². The van der Waals surface area contributed by atoms with Gasteiger partial charge in [-0.05, 0) is 61.6 Å². The standard InChI is InChI=1S/C21H25F4NO2/c1-13-8-14(2)26-16(9-13)11-20(27,21(23,24)25)12-19(3,4)17-10-15(22)6-7-18(17)28-5/h6-10,27H,11-12H2,1-5H3. The highest BCUT2D eigenvalue weighted by Crippen LogP contribution is 2.45. The number of alkyl halides is 3. The molecule has 0 bridgehead atoms. The van der Waals surface area contributed by atoms with E-state index in [9.17, 15) is 22.7 Å². The number of hydrogen-bond donors (Lipinski definition) is 1. The Labute approximate surface area is 162 Å². The Morgan fingerprint density at radius 3 is 2.25 bits per heavy atom. The van der Waals surface area contributed by atoms with Crippen LogP contribution in [-0.4, -0.2) is 29.0 Å². The summed E-state index contributed by atoms with van der Waals surface area (Å²) in [7, 11) is 1.36.